The molecule has 1 aliphatic carbocycles. The first-order chi connectivity index (χ1) is 15.6. The molecule has 5 rings (SSSR count). The van der Waals surface area contributed by atoms with E-state index in [4.69, 9.17) is 4.74 Å². The molecule has 0 saturated heterocycles. The first-order valence-corrected chi connectivity index (χ1v) is 10.5. The molecule has 1 unspecified atom stereocenters. The minimum Gasteiger partial charge on any atom is -0.494 e. The molecule has 2 heterocycles. The van der Waals surface area contributed by atoms with E-state index < -0.39 is 11.0 Å². The first kappa shape index (κ1) is 19.9. The maximum Gasteiger partial charge on any atom is 0.270 e. The number of Topliss-reactive ketones (excluding diaryl/α,β-unsaturated/α-hetero) is 1. The second kappa shape index (κ2) is 7.92. The van der Waals surface area contributed by atoms with Crippen molar-refractivity contribution in [3.63, 3.8) is 0 Å². The van der Waals surface area contributed by atoms with Crippen LogP contribution in [0.3, 0.4) is 0 Å². The number of fused-ring (bicyclic) bond motifs is 1. The van der Waals surface area contributed by atoms with Crippen molar-refractivity contribution >= 4 is 17.4 Å². The third-order valence-corrected chi connectivity index (χ3v) is 5.70. The number of hydrogen-bond donors (Lipinski definition) is 1. The SMILES string of the molecule is CCOc1ccccc1C1C2=C(CCCC2=O)Nc2nc(-c3cccc([N+](=O)[O-])c3)nn21. The van der Waals surface area contributed by atoms with Crippen LogP contribution >= 0.6 is 0 Å². The Kier molecular flexibility index (Phi) is 4.93. The largest absolute Gasteiger partial charge is 0.494 e. The van der Waals surface area contributed by atoms with E-state index in [0.717, 1.165) is 24.1 Å². The zero-order chi connectivity index (χ0) is 22.2. The van der Waals surface area contributed by atoms with Crippen LogP contribution in [-0.4, -0.2) is 32.1 Å². The average Bonchev–Trinajstić information content (AvgIpc) is 3.22. The molecule has 0 saturated carbocycles. The number of carbonyl (C=O) groups excluding carboxylic acids is 1. The molecule has 1 N–H and O–H groups in total. The molecule has 2 aromatic carbocycles. The monoisotopic (exact) mass is 431 g/mol. The molecule has 1 aromatic heterocycles. The molecule has 1 aliphatic heterocycles. The van der Waals surface area contributed by atoms with Crippen molar-refractivity contribution in [1.29, 1.82) is 0 Å². The lowest BCUT2D eigenvalue weighted by atomic mass is 9.85. The average molecular weight is 431 g/mol. The van der Waals surface area contributed by atoms with Crippen molar-refractivity contribution in [1.82, 2.24) is 14.8 Å². The number of anilines is 1. The molecule has 0 spiro atoms. The lowest BCUT2D eigenvalue weighted by molar-refractivity contribution is -0.384. The summed E-state index contributed by atoms with van der Waals surface area (Å²) in [5.74, 6) is 1.61. The lowest BCUT2D eigenvalue weighted by Gasteiger charge is -2.32. The Morgan fingerprint density at radius 1 is 1.22 bits per heavy atom. The van der Waals surface area contributed by atoms with Crippen molar-refractivity contribution in [3.05, 3.63) is 75.5 Å². The van der Waals surface area contributed by atoms with Gasteiger partial charge in [0.15, 0.2) is 11.6 Å². The molecule has 0 radical (unpaired) electrons. The maximum absolute atomic E-state index is 13.0. The standard InChI is InChI=1S/C23H21N5O4/c1-2-32-19-12-4-3-9-16(19)21-20-17(10-6-11-18(20)29)24-23-25-22(26-27(21)23)14-7-5-8-15(13-14)28(30)31/h3-5,7-9,12-13,21H,2,6,10-11H2,1H3,(H,24,25,26). The number of nitro groups is 1. The number of aromatic nitrogens is 3. The number of nitro benzene ring substituents is 1. The van der Waals surface area contributed by atoms with Crippen LogP contribution in [0.5, 0.6) is 5.75 Å². The fourth-order valence-electron chi connectivity index (χ4n) is 4.32. The molecular weight excluding hydrogens is 410 g/mol. The highest BCUT2D eigenvalue weighted by atomic mass is 16.6. The van der Waals surface area contributed by atoms with Gasteiger partial charge in [-0.05, 0) is 25.8 Å². The fraction of sp³-hybridized carbons (Fsp3) is 0.261. The second-order valence-corrected chi connectivity index (χ2v) is 7.68. The molecule has 32 heavy (non-hydrogen) atoms. The Labute approximate surface area is 183 Å². The molecule has 1 atom stereocenters. The van der Waals surface area contributed by atoms with Crippen LogP contribution in [0.4, 0.5) is 11.6 Å². The van der Waals surface area contributed by atoms with E-state index >= 15 is 0 Å². The molecule has 162 valence electrons. The summed E-state index contributed by atoms with van der Waals surface area (Å²) in [5, 5.41) is 19.2. The van der Waals surface area contributed by atoms with E-state index in [1.54, 1.807) is 16.8 Å². The van der Waals surface area contributed by atoms with Crippen molar-refractivity contribution in [3.8, 4) is 17.1 Å². The van der Waals surface area contributed by atoms with Gasteiger partial charge in [-0.1, -0.05) is 30.3 Å². The number of para-hydroxylation sites is 1. The Bertz CT molecular complexity index is 1260. The zero-order valence-electron chi connectivity index (χ0n) is 17.4. The van der Waals surface area contributed by atoms with E-state index in [2.05, 4.69) is 15.4 Å². The molecule has 0 bridgehead atoms. The number of allylic oxidation sites excluding steroid dienone is 2. The van der Waals surface area contributed by atoms with Gasteiger partial charge in [-0.3, -0.25) is 14.9 Å². The van der Waals surface area contributed by atoms with Crippen LogP contribution in [0, 0.1) is 10.1 Å². The van der Waals surface area contributed by atoms with E-state index in [1.165, 1.54) is 12.1 Å². The molecule has 9 heteroatoms. The molecule has 3 aromatic rings. The number of rotatable bonds is 5. The lowest BCUT2D eigenvalue weighted by Crippen LogP contribution is -2.31. The maximum atomic E-state index is 13.0. The first-order valence-electron chi connectivity index (χ1n) is 10.5. The Morgan fingerprint density at radius 3 is 2.88 bits per heavy atom. The van der Waals surface area contributed by atoms with E-state index in [0.29, 0.717) is 41.7 Å². The summed E-state index contributed by atoms with van der Waals surface area (Å²) in [6, 6.07) is 13.3. The highest BCUT2D eigenvalue weighted by molar-refractivity contribution is 5.99. The van der Waals surface area contributed by atoms with E-state index in [-0.39, 0.29) is 11.5 Å². The summed E-state index contributed by atoms with van der Waals surface area (Å²) in [7, 11) is 0. The number of ketones is 1. The van der Waals surface area contributed by atoms with E-state index in [1.807, 2.05) is 31.2 Å². The Morgan fingerprint density at radius 2 is 2.06 bits per heavy atom. The van der Waals surface area contributed by atoms with Gasteiger partial charge in [0.25, 0.3) is 5.69 Å². The number of nitrogens with one attached hydrogen (secondary N) is 1. The van der Waals surface area contributed by atoms with Gasteiger partial charge >= 0.3 is 0 Å². The van der Waals surface area contributed by atoms with Crippen LogP contribution in [0.2, 0.25) is 0 Å². The molecule has 0 amide bonds. The van der Waals surface area contributed by atoms with Crippen molar-refractivity contribution in [2.24, 2.45) is 0 Å². The summed E-state index contributed by atoms with van der Waals surface area (Å²) in [4.78, 5) is 28.4. The number of nitrogens with zero attached hydrogens (tertiary/aromatic N) is 4. The van der Waals surface area contributed by atoms with Gasteiger partial charge in [-0.25, -0.2) is 4.68 Å². The predicted octanol–water partition coefficient (Wildman–Crippen LogP) is 4.27. The summed E-state index contributed by atoms with van der Waals surface area (Å²) in [6.45, 7) is 2.40. The minimum absolute atomic E-state index is 0.0333. The summed E-state index contributed by atoms with van der Waals surface area (Å²) in [6.07, 6.45) is 2.00. The van der Waals surface area contributed by atoms with Gasteiger partial charge in [0.1, 0.15) is 11.8 Å². The third-order valence-electron chi connectivity index (χ3n) is 5.70. The number of hydrogen-bond acceptors (Lipinski definition) is 7. The Hall–Kier alpha value is -4.01. The van der Waals surface area contributed by atoms with Crippen LogP contribution in [0.1, 0.15) is 37.8 Å². The molecule has 2 aliphatic rings. The van der Waals surface area contributed by atoms with Crippen molar-refractivity contribution < 1.29 is 14.5 Å². The molecule has 0 fully saturated rings. The van der Waals surface area contributed by atoms with Crippen LogP contribution in [-0.2, 0) is 4.79 Å². The smallest absolute Gasteiger partial charge is 0.270 e. The van der Waals surface area contributed by atoms with Gasteiger partial charge in [0.2, 0.25) is 5.95 Å². The fourth-order valence-corrected chi connectivity index (χ4v) is 4.32. The minimum atomic E-state index is -0.489. The quantitative estimate of drug-likeness (QED) is 0.474. The highest BCUT2D eigenvalue weighted by Gasteiger charge is 2.38. The summed E-state index contributed by atoms with van der Waals surface area (Å²) >= 11 is 0. The normalized spacial score (nSPS) is 17.4. The van der Waals surface area contributed by atoms with Gasteiger partial charge < -0.3 is 10.1 Å². The van der Waals surface area contributed by atoms with Crippen LogP contribution < -0.4 is 10.1 Å². The van der Waals surface area contributed by atoms with Crippen molar-refractivity contribution in [2.75, 3.05) is 11.9 Å². The summed E-state index contributed by atoms with van der Waals surface area (Å²) < 4.78 is 7.55. The van der Waals surface area contributed by atoms with Gasteiger partial charge in [-0.15, -0.1) is 5.10 Å². The number of carbonyl (C=O) groups is 1. The van der Waals surface area contributed by atoms with Gasteiger partial charge in [-0.2, -0.15) is 4.98 Å². The number of non-ortho nitro benzene ring substituents is 1. The highest BCUT2D eigenvalue weighted by Crippen LogP contribution is 2.43. The van der Waals surface area contributed by atoms with E-state index in [9.17, 15) is 14.9 Å². The van der Waals surface area contributed by atoms with Crippen molar-refractivity contribution in [2.45, 2.75) is 32.2 Å². The zero-order valence-corrected chi connectivity index (χ0v) is 17.4. The van der Waals surface area contributed by atoms with Crippen LogP contribution in [0.25, 0.3) is 11.4 Å². The van der Waals surface area contributed by atoms with Gasteiger partial charge in [0, 0.05) is 41.0 Å². The third kappa shape index (κ3) is 3.31. The summed E-state index contributed by atoms with van der Waals surface area (Å²) in [5.41, 5.74) is 2.85. The topological polar surface area (TPSA) is 112 Å². The predicted molar refractivity (Wildman–Crippen MR) is 117 cm³/mol. The van der Waals surface area contributed by atoms with Crippen LogP contribution in [0.15, 0.2) is 59.8 Å². The molecular formula is C23H21N5O4. The molecule has 9 nitrogen and oxygen atoms in total. The number of benzene rings is 2. The second-order valence-electron chi connectivity index (χ2n) is 7.68. The number of ether oxygens (including phenoxy) is 1. The van der Waals surface area contributed by atoms with Gasteiger partial charge in [0.05, 0.1) is 11.5 Å². The Balaban J connectivity index is 1.68.